The minimum absolute atomic E-state index is 0.0387. The number of carbonyl (C=O) groups excluding carboxylic acids is 1. The summed E-state index contributed by atoms with van der Waals surface area (Å²) in [5.74, 6) is -0.464. The first-order valence-corrected chi connectivity index (χ1v) is 8.65. The van der Waals surface area contributed by atoms with E-state index < -0.39 is 5.97 Å². The van der Waals surface area contributed by atoms with Crippen molar-refractivity contribution in [3.63, 3.8) is 0 Å². The minimum Gasteiger partial charge on any atom is -0.475 e. The Morgan fingerprint density at radius 1 is 1.12 bits per heavy atom. The van der Waals surface area contributed by atoms with Gasteiger partial charge in [0, 0.05) is 31.5 Å². The molecule has 0 aliphatic rings. The Labute approximate surface area is 152 Å². The molecule has 0 radical (unpaired) electrons. The second-order valence-electron chi connectivity index (χ2n) is 5.91. The monoisotopic (exact) mass is 363 g/mol. The molecule has 1 heterocycles. The Morgan fingerprint density at radius 2 is 1.84 bits per heavy atom. The second-order valence-corrected chi connectivity index (χ2v) is 6.35. The highest BCUT2D eigenvalue weighted by Gasteiger charge is 2.11. The van der Waals surface area contributed by atoms with Crippen LogP contribution >= 0.6 is 11.6 Å². The fourth-order valence-electron chi connectivity index (χ4n) is 2.66. The second kappa shape index (κ2) is 9.28. The summed E-state index contributed by atoms with van der Waals surface area (Å²) in [6.07, 6.45) is 3.06. The first-order chi connectivity index (χ1) is 12.0. The number of carbonyl (C=O) groups is 2. The summed E-state index contributed by atoms with van der Waals surface area (Å²) in [7, 11) is 0. The third-order valence-corrected chi connectivity index (χ3v) is 4.19. The largest absolute Gasteiger partial charge is 0.475 e. The summed E-state index contributed by atoms with van der Waals surface area (Å²) in [4.78, 5) is 24.4. The van der Waals surface area contributed by atoms with Gasteiger partial charge >= 0.3 is 5.97 Å². The molecule has 0 unspecified atom stereocenters. The van der Waals surface area contributed by atoms with E-state index in [2.05, 4.69) is 0 Å². The van der Waals surface area contributed by atoms with Crippen LogP contribution in [0.5, 0.6) is 0 Å². The molecule has 0 atom stereocenters. The van der Waals surface area contributed by atoms with Gasteiger partial charge in [0.25, 0.3) is 0 Å². The van der Waals surface area contributed by atoms with E-state index in [4.69, 9.17) is 21.1 Å². The van der Waals surface area contributed by atoms with Gasteiger partial charge in [0.2, 0.25) is 11.7 Å². The molecular weight excluding hydrogens is 342 g/mol. The molecule has 2 rings (SSSR count). The molecule has 1 amide bonds. The predicted octanol–water partition coefficient (Wildman–Crippen LogP) is 4.05. The van der Waals surface area contributed by atoms with Crippen molar-refractivity contribution >= 4 is 23.5 Å². The number of benzene rings is 1. The summed E-state index contributed by atoms with van der Waals surface area (Å²) < 4.78 is 5.22. The molecule has 1 aromatic heterocycles. The van der Waals surface area contributed by atoms with Gasteiger partial charge in [0.1, 0.15) is 5.76 Å². The summed E-state index contributed by atoms with van der Waals surface area (Å²) in [6.45, 7) is 2.86. The van der Waals surface area contributed by atoms with Crippen LogP contribution in [0.1, 0.15) is 41.6 Å². The maximum atomic E-state index is 11.8. The van der Waals surface area contributed by atoms with Crippen LogP contribution in [-0.2, 0) is 17.6 Å². The molecule has 25 heavy (non-hydrogen) atoms. The minimum atomic E-state index is -1.07. The molecule has 2 aromatic rings. The third kappa shape index (κ3) is 6.27. The lowest BCUT2D eigenvalue weighted by atomic mass is 10.1. The van der Waals surface area contributed by atoms with Crippen LogP contribution in [0.2, 0.25) is 5.02 Å². The number of nitrogens with zero attached hydrogens (tertiary/aromatic N) is 1. The van der Waals surface area contributed by atoms with Crippen molar-refractivity contribution in [3.05, 3.63) is 58.5 Å². The molecule has 1 aromatic carbocycles. The maximum Gasteiger partial charge on any atom is 0.371 e. The van der Waals surface area contributed by atoms with Gasteiger partial charge in [-0.1, -0.05) is 23.7 Å². The van der Waals surface area contributed by atoms with E-state index in [1.54, 1.807) is 13.0 Å². The Morgan fingerprint density at radius 3 is 2.44 bits per heavy atom. The van der Waals surface area contributed by atoms with Crippen molar-refractivity contribution in [1.82, 2.24) is 4.90 Å². The van der Waals surface area contributed by atoms with Gasteiger partial charge in [-0.2, -0.15) is 0 Å². The number of amides is 1. The molecule has 6 heteroatoms. The molecule has 0 bridgehead atoms. The van der Waals surface area contributed by atoms with Crippen molar-refractivity contribution in [2.24, 2.45) is 0 Å². The van der Waals surface area contributed by atoms with Crippen molar-refractivity contribution in [2.45, 2.75) is 32.6 Å². The van der Waals surface area contributed by atoms with E-state index >= 15 is 0 Å². The van der Waals surface area contributed by atoms with Crippen molar-refractivity contribution in [2.75, 3.05) is 13.1 Å². The number of carboxylic acid groups (broad SMARTS) is 1. The summed E-state index contributed by atoms with van der Waals surface area (Å²) >= 11 is 5.97. The van der Waals surface area contributed by atoms with Crippen LogP contribution in [-0.4, -0.2) is 35.0 Å². The van der Waals surface area contributed by atoms with Gasteiger partial charge in [0.15, 0.2) is 0 Å². The lowest BCUT2D eigenvalue weighted by molar-refractivity contribution is -0.129. The molecule has 0 saturated carbocycles. The van der Waals surface area contributed by atoms with Gasteiger partial charge in [0.05, 0.1) is 0 Å². The predicted molar refractivity (Wildman–Crippen MR) is 96.0 cm³/mol. The van der Waals surface area contributed by atoms with Gasteiger partial charge in [-0.05, 0) is 49.1 Å². The van der Waals surface area contributed by atoms with E-state index in [1.165, 1.54) is 6.07 Å². The number of halogens is 1. The van der Waals surface area contributed by atoms with Crippen LogP contribution < -0.4 is 0 Å². The van der Waals surface area contributed by atoms with Gasteiger partial charge in [-0.15, -0.1) is 0 Å². The average Bonchev–Trinajstić information content (AvgIpc) is 3.02. The van der Waals surface area contributed by atoms with Crippen LogP contribution in [0.25, 0.3) is 0 Å². The number of furan rings is 1. The highest BCUT2D eigenvalue weighted by Crippen LogP contribution is 2.13. The van der Waals surface area contributed by atoms with E-state index in [-0.39, 0.29) is 11.7 Å². The average molecular weight is 364 g/mol. The zero-order chi connectivity index (χ0) is 18.2. The SMILES string of the molecule is CC(=O)N(CCCc1cccc(Cl)c1)CCCc1ccc(C(=O)O)o1. The number of aromatic carboxylic acids is 1. The molecule has 0 aliphatic heterocycles. The molecule has 0 fully saturated rings. The first-order valence-electron chi connectivity index (χ1n) is 8.27. The van der Waals surface area contributed by atoms with Crippen molar-refractivity contribution < 1.29 is 19.1 Å². The highest BCUT2D eigenvalue weighted by atomic mass is 35.5. The number of aryl methyl sites for hydroxylation is 2. The Balaban J connectivity index is 1.76. The van der Waals surface area contributed by atoms with E-state index in [9.17, 15) is 9.59 Å². The summed E-state index contributed by atoms with van der Waals surface area (Å²) in [5.41, 5.74) is 1.16. The summed E-state index contributed by atoms with van der Waals surface area (Å²) in [6, 6.07) is 10.9. The Hall–Kier alpha value is -2.27. The van der Waals surface area contributed by atoms with E-state index in [0.717, 1.165) is 29.8 Å². The van der Waals surface area contributed by atoms with Gasteiger partial charge < -0.3 is 14.4 Å². The van der Waals surface area contributed by atoms with E-state index in [0.29, 0.717) is 25.3 Å². The molecule has 134 valence electrons. The maximum absolute atomic E-state index is 11.8. The molecule has 0 spiro atoms. The Bertz CT molecular complexity index is 726. The summed E-state index contributed by atoms with van der Waals surface area (Å²) in [5, 5.41) is 9.56. The van der Waals surface area contributed by atoms with Crippen LogP contribution in [0.3, 0.4) is 0 Å². The zero-order valence-corrected chi connectivity index (χ0v) is 15.0. The van der Waals surface area contributed by atoms with E-state index in [1.807, 2.05) is 29.2 Å². The van der Waals surface area contributed by atoms with Crippen molar-refractivity contribution in [1.29, 1.82) is 0 Å². The first kappa shape index (κ1) is 19.1. The Kier molecular flexibility index (Phi) is 7.07. The normalized spacial score (nSPS) is 10.6. The van der Waals surface area contributed by atoms with Crippen molar-refractivity contribution in [3.8, 4) is 0 Å². The van der Waals surface area contributed by atoms with Crippen LogP contribution in [0.15, 0.2) is 40.8 Å². The standard InChI is InChI=1S/C19H22ClNO4/c1-14(22)21(11-3-6-15-5-2-7-16(20)13-15)12-4-8-17-9-10-18(25-17)19(23)24/h2,5,7,9-10,13H,3-4,6,8,11-12H2,1H3,(H,23,24). The molecular formula is C19H22ClNO4. The van der Waals surface area contributed by atoms with Crippen LogP contribution in [0.4, 0.5) is 0 Å². The lowest BCUT2D eigenvalue weighted by Crippen LogP contribution is -2.31. The third-order valence-electron chi connectivity index (χ3n) is 3.95. The molecule has 0 saturated heterocycles. The van der Waals surface area contributed by atoms with Crippen LogP contribution in [0, 0.1) is 0 Å². The fraction of sp³-hybridized carbons (Fsp3) is 0.368. The molecule has 5 nitrogen and oxygen atoms in total. The topological polar surface area (TPSA) is 70.8 Å². The van der Waals surface area contributed by atoms with Gasteiger partial charge in [-0.25, -0.2) is 4.79 Å². The number of hydrogen-bond acceptors (Lipinski definition) is 3. The lowest BCUT2D eigenvalue weighted by Gasteiger charge is -2.20. The smallest absolute Gasteiger partial charge is 0.371 e. The molecule has 1 N–H and O–H groups in total. The molecule has 0 aliphatic carbocycles. The number of hydrogen-bond donors (Lipinski definition) is 1. The van der Waals surface area contributed by atoms with Gasteiger partial charge in [-0.3, -0.25) is 4.79 Å². The fourth-order valence-corrected chi connectivity index (χ4v) is 2.88. The highest BCUT2D eigenvalue weighted by molar-refractivity contribution is 6.30. The number of rotatable bonds is 9. The number of carboxylic acids is 1. The quantitative estimate of drug-likeness (QED) is 0.729. The zero-order valence-electron chi connectivity index (χ0n) is 14.2.